The molecule has 2 heterocycles. The van der Waals surface area contributed by atoms with Gasteiger partial charge in [0.1, 0.15) is 18.1 Å². The standard InChI is InChI=1S/C14H17ClO6/c15-5-11(16)19-6-12(17)21-13-8-1-7-2-9(4-8)14(18)20-10(13)3-7/h7-10,13H,1-6H2. The summed E-state index contributed by atoms with van der Waals surface area (Å²) in [5.41, 5.74) is 0. The monoisotopic (exact) mass is 316 g/mol. The smallest absolute Gasteiger partial charge is 0.344 e. The van der Waals surface area contributed by atoms with E-state index in [0.717, 1.165) is 19.3 Å². The van der Waals surface area contributed by atoms with E-state index in [9.17, 15) is 14.4 Å². The molecule has 2 saturated heterocycles. The maximum atomic E-state index is 11.9. The fourth-order valence-corrected chi connectivity index (χ4v) is 3.88. The molecule has 0 N–H and O–H groups in total. The first-order valence-corrected chi connectivity index (χ1v) is 7.72. The molecule has 4 aliphatic rings. The highest BCUT2D eigenvalue weighted by Crippen LogP contribution is 2.48. The maximum absolute atomic E-state index is 11.9. The molecule has 2 aliphatic heterocycles. The van der Waals surface area contributed by atoms with Crippen LogP contribution in [-0.2, 0) is 28.6 Å². The average Bonchev–Trinajstić information content (AvgIpc) is 2.62. The van der Waals surface area contributed by atoms with Crippen LogP contribution in [-0.4, -0.2) is 42.6 Å². The third kappa shape index (κ3) is 3.00. The highest BCUT2D eigenvalue weighted by atomic mass is 35.5. The second-order valence-electron chi connectivity index (χ2n) is 5.99. The van der Waals surface area contributed by atoms with Crippen molar-refractivity contribution in [2.45, 2.75) is 37.9 Å². The Balaban J connectivity index is 1.62. The van der Waals surface area contributed by atoms with E-state index in [4.69, 9.17) is 21.1 Å². The van der Waals surface area contributed by atoms with Crippen LogP contribution >= 0.6 is 11.6 Å². The molecule has 4 bridgehead atoms. The quantitative estimate of drug-likeness (QED) is 0.438. The minimum atomic E-state index is -0.664. The number of esters is 3. The fraction of sp³-hybridized carbons (Fsp3) is 0.786. The second kappa shape index (κ2) is 5.83. The SMILES string of the molecule is O=C(CCl)OCC(=O)OC1C2CC3CC(C2)C(=O)OC1C3. The van der Waals surface area contributed by atoms with Crippen molar-refractivity contribution in [3.05, 3.63) is 0 Å². The Morgan fingerprint density at radius 3 is 2.76 bits per heavy atom. The lowest BCUT2D eigenvalue weighted by Crippen LogP contribution is -2.45. The van der Waals surface area contributed by atoms with Gasteiger partial charge in [-0.15, -0.1) is 11.6 Å². The van der Waals surface area contributed by atoms with E-state index in [0.29, 0.717) is 12.3 Å². The molecule has 2 saturated carbocycles. The highest BCUT2D eigenvalue weighted by molar-refractivity contribution is 6.26. The lowest BCUT2D eigenvalue weighted by molar-refractivity contribution is -0.177. The third-order valence-electron chi connectivity index (χ3n) is 4.57. The van der Waals surface area contributed by atoms with Gasteiger partial charge < -0.3 is 14.2 Å². The minimum absolute atomic E-state index is 0.0588. The van der Waals surface area contributed by atoms with E-state index < -0.39 is 24.6 Å². The fourth-order valence-electron chi connectivity index (χ4n) is 3.80. The molecule has 4 rings (SSSR count). The minimum Gasteiger partial charge on any atom is -0.458 e. The zero-order chi connectivity index (χ0) is 15.0. The van der Waals surface area contributed by atoms with E-state index in [2.05, 4.69) is 4.74 Å². The van der Waals surface area contributed by atoms with Crippen molar-refractivity contribution in [3.8, 4) is 0 Å². The number of ether oxygens (including phenoxy) is 3. The molecule has 0 aromatic heterocycles. The zero-order valence-electron chi connectivity index (χ0n) is 11.5. The molecule has 0 radical (unpaired) electrons. The Labute approximate surface area is 127 Å². The summed E-state index contributed by atoms with van der Waals surface area (Å²) in [7, 11) is 0. The molecule has 0 aromatic rings. The normalized spacial score (nSPS) is 36.8. The van der Waals surface area contributed by atoms with Crippen LogP contribution in [0.2, 0.25) is 0 Å². The molecule has 0 aromatic carbocycles. The van der Waals surface area contributed by atoms with Crippen molar-refractivity contribution >= 4 is 29.5 Å². The number of carbonyl (C=O) groups excluding carboxylic acids is 3. The molecule has 5 atom stereocenters. The van der Waals surface area contributed by atoms with Crippen LogP contribution in [0.1, 0.15) is 25.7 Å². The van der Waals surface area contributed by atoms with Gasteiger partial charge in [-0.05, 0) is 31.6 Å². The number of carbonyl (C=O) groups is 3. The van der Waals surface area contributed by atoms with Gasteiger partial charge in [0.25, 0.3) is 0 Å². The molecular formula is C14H17ClO6. The van der Waals surface area contributed by atoms with Crippen LogP contribution in [0.4, 0.5) is 0 Å². The second-order valence-corrected chi connectivity index (χ2v) is 6.26. The lowest BCUT2D eigenvalue weighted by Gasteiger charge is -2.41. The Morgan fingerprint density at radius 2 is 2.00 bits per heavy atom. The highest BCUT2D eigenvalue weighted by Gasteiger charge is 2.51. The molecule has 4 fully saturated rings. The topological polar surface area (TPSA) is 78.9 Å². The van der Waals surface area contributed by atoms with Gasteiger partial charge in [0, 0.05) is 5.92 Å². The van der Waals surface area contributed by atoms with Crippen molar-refractivity contribution in [3.63, 3.8) is 0 Å². The Kier molecular flexibility index (Phi) is 4.06. The molecule has 2 aliphatic carbocycles. The molecule has 7 heteroatoms. The van der Waals surface area contributed by atoms with Gasteiger partial charge in [0.15, 0.2) is 6.61 Å². The number of hydrogen-bond donors (Lipinski definition) is 0. The van der Waals surface area contributed by atoms with Crippen molar-refractivity contribution in [1.82, 2.24) is 0 Å². The Morgan fingerprint density at radius 1 is 1.19 bits per heavy atom. The van der Waals surface area contributed by atoms with Crippen LogP contribution in [0.3, 0.4) is 0 Å². The van der Waals surface area contributed by atoms with Gasteiger partial charge in [-0.1, -0.05) is 0 Å². The van der Waals surface area contributed by atoms with Crippen LogP contribution in [0.5, 0.6) is 0 Å². The van der Waals surface area contributed by atoms with Crippen molar-refractivity contribution in [2.75, 3.05) is 12.5 Å². The van der Waals surface area contributed by atoms with Crippen molar-refractivity contribution in [2.24, 2.45) is 17.8 Å². The number of halogens is 1. The van der Waals surface area contributed by atoms with Crippen LogP contribution in [0, 0.1) is 17.8 Å². The molecule has 0 amide bonds. The van der Waals surface area contributed by atoms with E-state index >= 15 is 0 Å². The van der Waals surface area contributed by atoms with Gasteiger partial charge in [-0.25, -0.2) is 4.79 Å². The summed E-state index contributed by atoms with van der Waals surface area (Å²) in [6, 6.07) is 0. The van der Waals surface area contributed by atoms with Crippen LogP contribution < -0.4 is 0 Å². The van der Waals surface area contributed by atoms with E-state index in [1.54, 1.807) is 0 Å². The Hall–Kier alpha value is -1.30. The van der Waals surface area contributed by atoms with Gasteiger partial charge in [0.05, 0.1) is 5.92 Å². The lowest BCUT2D eigenvalue weighted by atomic mass is 9.67. The molecular weight excluding hydrogens is 300 g/mol. The first-order valence-electron chi connectivity index (χ1n) is 7.18. The van der Waals surface area contributed by atoms with Gasteiger partial charge in [-0.3, -0.25) is 9.59 Å². The maximum Gasteiger partial charge on any atom is 0.344 e. The average molecular weight is 317 g/mol. The molecule has 5 unspecified atom stereocenters. The van der Waals surface area contributed by atoms with E-state index in [1.807, 2.05) is 0 Å². The first-order chi connectivity index (χ1) is 10.1. The van der Waals surface area contributed by atoms with Crippen LogP contribution in [0.25, 0.3) is 0 Å². The molecule has 6 nitrogen and oxygen atoms in total. The number of alkyl halides is 1. The largest absolute Gasteiger partial charge is 0.458 e. The summed E-state index contributed by atoms with van der Waals surface area (Å²) < 4.78 is 15.5. The molecule has 21 heavy (non-hydrogen) atoms. The van der Waals surface area contributed by atoms with Gasteiger partial charge in [-0.2, -0.15) is 0 Å². The number of hydrogen-bond acceptors (Lipinski definition) is 6. The first kappa shape index (κ1) is 14.6. The zero-order valence-corrected chi connectivity index (χ0v) is 12.2. The summed E-state index contributed by atoms with van der Waals surface area (Å²) in [4.78, 5) is 34.6. The van der Waals surface area contributed by atoms with Crippen molar-refractivity contribution < 1.29 is 28.6 Å². The summed E-state index contributed by atoms with van der Waals surface area (Å²) >= 11 is 5.28. The van der Waals surface area contributed by atoms with Gasteiger partial charge in [0.2, 0.25) is 0 Å². The van der Waals surface area contributed by atoms with Crippen molar-refractivity contribution in [1.29, 1.82) is 0 Å². The Bertz CT molecular complexity index is 464. The van der Waals surface area contributed by atoms with E-state index in [-0.39, 0.29) is 29.8 Å². The third-order valence-corrected chi connectivity index (χ3v) is 4.78. The summed E-state index contributed by atoms with van der Waals surface area (Å²) in [6.45, 7) is -0.456. The number of fused-ring (bicyclic) bond motifs is 1. The summed E-state index contributed by atoms with van der Waals surface area (Å²) in [5.74, 6) is -1.18. The molecule has 116 valence electrons. The van der Waals surface area contributed by atoms with Crippen LogP contribution in [0.15, 0.2) is 0 Å². The predicted octanol–water partition coefficient (Wildman–Crippen LogP) is 1.04. The van der Waals surface area contributed by atoms with E-state index in [1.165, 1.54) is 0 Å². The molecule has 0 spiro atoms. The number of rotatable bonds is 4. The predicted molar refractivity (Wildman–Crippen MR) is 70.4 cm³/mol. The van der Waals surface area contributed by atoms with Gasteiger partial charge >= 0.3 is 17.9 Å². The summed E-state index contributed by atoms with van der Waals surface area (Å²) in [6.07, 6.45) is 2.53. The summed E-state index contributed by atoms with van der Waals surface area (Å²) in [5, 5.41) is 0.